The summed E-state index contributed by atoms with van der Waals surface area (Å²) in [5.41, 5.74) is 0. The molecule has 0 aliphatic rings. The van der Waals surface area contributed by atoms with Gasteiger partial charge in [-0.3, -0.25) is 0 Å². The molecule has 4 radical (unpaired) electrons. The standard InChI is InChI=1S/C4H8.2C2H6.B.Y/c1-3-4-2;2*1-2;;/h1-4H2;2*1-2H3;;/q-2;;;;. The number of rotatable bonds is 1. The topological polar surface area (TPSA) is 0 Å². The molecule has 2 heteroatoms. The Morgan fingerprint density at radius 1 is 0.800 bits per heavy atom. The first-order valence-electron chi connectivity index (χ1n) is 3.50. The summed E-state index contributed by atoms with van der Waals surface area (Å²) in [7, 11) is 0. The van der Waals surface area contributed by atoms with E-state index in [-0.39, 0.29) is 41.1 Å². The molecule has 0 aliphatic carbocycles. The van der Waals surface area contributed by atoms with E-state index in [9.17, 15) is 0 Å². The van der Waals surface area contributed by atoms with Crippen molar-refractivity contribution in [3.05, 3.63) is 13.8 Å². The number of unbranched alkanes of at least 4 members (excludes halogenated alkanes) is 1. The quantitative estimate of drug-likeness (QED) is 0.466. The minimum absolute atomic E-state index is 0. The first-order chi connectivity index (χ1) is 3.91. The molecule has 0 aromatic carbocycles. The second-order valence-electron chi connectivity index (χ2n) is 0.707. The molecular formula is C8H20BY-2. The van der Waals surface area contributed by atoms with Crippen molar-refractivity contribution in [3.63, 3.8) is 0 Å². The summed E-state index contributed by atoms with van der Waals surface area (Å²) in [6.07, 6.45) is 1.92. The van der Waals surface area contributed by atoms with Gasteiger partial charge in [-0.2, -0.15) is 0 Å². The third-order valence-electron chi connectivity index (χ3n) is 0.250. The number of hydrogen-bond donors (Lipinski definition) is 0. The van der Waals surface area contributed by atoms with Gasteiger partial charge in [0.2, 0.25) is 0 Å². The Balaban J connectivity index is -0.0000000125. The van der Waals surface area contributed by atoms with Crippen molar-refractivity contribution >= 4 is 8.41 Å². The van der Waals surface area contributed by atoms with Crippen molar-refractivity contribution in [2.75, 3.05) is 0 Å². The average molecular weight is 216 g/mol. The van der Waals surface area contributed by atoms with Crippen LogP contribution in [0.25, 0.3) is 0 Å². The van der Waals surface area contributed by atoms with E-state index in [4.69, 9.17) is 0 Å². The van der Waals surface area contributed by atoms with Gasteiger partial charge in [-0.05, 0) is 0 Å². The molecule has 0 N–H and O–H groups in total. The summed E-state index contributed by atoms with van der Waals surface area (Å²) in [6.45, 7) is 15.1. The van der Waals surface area contributed by atoms with Crippen molar-refractivity contribution in [3.8, 4) is 0 Å². The van der Waals surface area contributed by atoms with E-state index in [2.05, 4.69) is 13.8 Å². The first-order valence-corrected chi connectivity index (χ1v) is 3.50. The maximum atomic E-state index is 3.54. The second kappa shape index (κ2) is 85.1. The third-order valence-corrected chi connectivity index (χ3v) is 0.250. The van der Waals surface area contributed by atoms with E-state index >= 15 is 0 Å². The Morgan fingerprint density at radius 3 is 0.900 bits per heavy atom. The molecule has 0 heterocycles. The average Bonchev–Trinajstić information content (AvgIpc) is 1.96. The van der Waals surface area contributed by atoms with Gasteiger partial charge < -0.3 is 13.8 Å². The molecule has 0 fully saturated rings. The molecule has 0 nitrogen and oxygen atoms in total. The summed E-state index contributed by atoms with van der Waals surface area (Å²) >= 11 is 0. The second-order valence-corrected chi connectivity index (χ2v) is 0.707. The normalized spacial score (nSPS) is 4.20. The molecule has 0 unspecified atom stereocenters. The van der Waals surface area contributed by atoms with Crippen LogP contribution in [0.3, 0.4) is 0 Å². The van der Waals surface area contributed by atoms with E-state index in [0.29, 0.717) is 0 Å². The largest absolute Gasteiger partial charge is 0.346 e. The van der Waals surface area contributed by atoms with Crippen LogP contribution in [0.1, 0.15) is 40.5 Å². The molecule has 0 atom stereocenters. The molecule has 0 bridgehead atoms. The summed E-state index contributed by atoms with van der Waals surface area (Å²) in [6, 6.07) is 0. The Hall–Kier alpha value is 1.17. The van der Waals surface area contributed by atoms with Crippen LogP contribution < -0.4 is 0 Å². The van der Waals surface area contributed by atoms with Crippen molar-refractivity contribution in [2.24, 2.45) is 0 Å². The Labute approximate surface area is 95.0 Å². The summed E-state index contributed by atoms with van der Waals surface area (Å²) in [5, 5.41) is 0. The summed E-state index contributed by atoms with van der Waals surface area (Å²) < 4.78 is 0. The fourth-order valence-electron chi connectivity index (χ4n) is 0. The molecule has 0 aromatic heterocycles. The van der Waals surface area contributed by atoms with Crippen LogP contribution in [0.4, 0.5) is 0 Å². The molecule has 0 saturated carbocycles. The predicted octanol–water partition coefficient (Wildman–Crippen LogP) is 3.10. The predicted molar refractivity (Wildman–Crippen MR) is 48.4 cm³/mol. The Bertz CT molecular complexity index is 11.2. The third kappa shape index (κ3) is 130. The van der Waals surface area contributed by atoms with Gasteiger partial charge in [-0.1, -0.05) is 27.7 Å². The van der Waals surface area contributed by atoms with Gasteiger partial charge in [-0.15, -0.1) is 0 Å². The van der Waals surface area contributed by atoms with Gasteiger partial charge in [0.25, 0.3) is 0 Å². The van der Waals surface area contributed by atoms with Gasteiger partial charge in [0.1, 0.15) is 0 Å². The molecule has 0 rings (SSSR count). The van der Waals surface area contributed by atoms with Crippen LogP contribution in [0.2, 0.25) is 0 Å². The molecule has 60 valence electrons. The zero-order valence-corrected chi connectivity index (χ0v) is 10.8. The molecule has 0 aliphatic heterocycles. The minimum atomic E-state index is 0. The molecule has 10 heavy (non-hydrogen) atoms. The van der Waals surface area contributed by atoms with Crippen LogP contribution in [0, 0.1) is 13.8 Å². The zero-order valence-electron chi connectivity index (χ0n) is 7.98. The van der Waals surface area contributed by atoms with Crippen LogP contribution in [0.15, 0.2) is 0 Å². The zero-order chi connectivity index (χ0) is 7.41. The molecular weight excluding hydrogens is 196 g/mol. The Kier molecular flexibility index (Phi) is 258. The minimum Gasteiger partial charge on any atom is -0.346 e. The van der Waals surface area contributed by atoms with E-state index in [0.717, 1.165) is 12.8 Å². The first kappa shape index (κ1) is 30.3. The van der Waals surface area contributed by atoms with Gasteiger partial charge in [0, 0.05) is 41.1 Å². The fourth-order valence-corrected chi connectivity index (χ4v) is 0. The van der Waals surface area contributed by atoms with Crippen LogP contribution in [-0.2, 0) is 32.7 Å². The van der Waals surface area contributed by atoms with E-state index < -0.39 is 0 Å². The van der Waals surface area contributed by atoms with Crippen LogP contribution in [-0.4, -0.2) is 8.41 Å². The fraction of sp³-hybridized carbons (Fsp3) is 0.750. The van der Waals surface area contributed by atoms with Crippen molar-refractivity contribution in [1.29, 1.82) is 0 Å². The molecule has 0 amide bonds. The maximum absolute atomic E-state index is 3.54. The van der Waals surface area contributed by atoms with Gasteiger partial charge in [0.05, 0.1) is 0 Å². The monoisotopic (exact) mass is 216 g/mol. The van der Waals surface area contributed by atoms with Crippen LogP contribution in [0.5, 0.6) is 0 Å². The molecule has 0 spiro atoms. The van der Waals surface area contributed by atoms with Crippen molar-refractivity contribution in [2.45, 2.75) is 40.5 Å². The maximum Gasteiger partial charge on any atom is 0 e. The van der Waals surface area contributed by atoms with Crippen LogP contribution >= 0.6 is 0 Å². The van der Waals surface area contributed by atoms with Crippen molar-refractivity contribution < 1.29 is 32.7 Å². The van der Waals surface area contributed by atoms with Gasteiger partial charge in [-0.25, -0.2) is 12.8 Å². The SMILES string of the molecule is CC.CC.[B].[CH2-]CC[CH2-].[Y]. The van der Waals surface area contributed by atoms with Crippen molar-refractivity contribution in [1.82, 2.24) is 0 Å². The van der Waals surface area contributed by atoms with E-state index in [1.54, 1.807) is 0 Å². The molecule has 0 aromatic rings. The molecule has 0 saturated heterocycles. The van der Waals surface area contributed by atoms with E-state index in [1.165, 1.54) is 0 Å². The smallest absolute Gasteiger partial charge is 0 e. The van der Waals surface area contributed by atoms with Gasteiger partial charge in [0.15, 0.2) is 0 Å². The Morgan fingerprint density at radius 2 is 0.900 bits per heavy atom. The summed E-state index contributed by atoms with van der Waals surface area (Å²) in [4.78, 5) is 0. The van der Waals surface area contributed by atoms with Gasteiger partial charge >= 0.3 is 0 Å². The summed E-state index contributed by atoms with van der Waals surface area (Å²) in [5.74, 6) is 0. The van der Waals surface area contributed by atoms with E-state index in [1.807, 2.05) is 27.7 Å². The number of hydrogen-bond acceptors (Lipinski definition) is 0.